The van der Waals surface area contributed by atoms with Crippen LogP contribution in [0.15, 0.2) is 12.3 Å². The third kappa shape index (κ3) is 3.00. The monoisotopic (exact) mass is 262 g/mol. The van der Waals surface area contributed by atoms with Crippen molar-refractivity contribution in [3.05, 3.63) is 18.0 Å². The van der Waals surface area contributed by atoms with Gasteiger partial charge in [-0.3, -0.25) is 9.58 Å². The van der Waals surface area contributed by atoms with Gasteiger partial charge in [0.25, 0.3) is 0 Å². The Morgan fingerprint density at radius 1 is 1.42 bits per heavy atom. The van der Waals surface area contributed by atoms with Crippen molar-refractivity contribution in [2.45, 2.75) is 45.3 Å². The van der Waals surface area contributed by atoms with E-state index in [1.807, 2.05) is 17.9 Å². The fourth-order valence-electron chi connectivity index (χ4n) is 3.26. The van der Waals surface area contributed by atoms with E-state index in [1.165, 1.54) is 25.1 Å². The summed E-state index contributed by atoms with van der Waals surface area (Å²) in [6.45, 7) is 7.97. The molecule has 2 unspecified atom stereocenters. The molecule has 1 saturated carbocycles. The minimum Gasteiger partial charge on any atom is -0.311 e. The Morgan fingerprint density at radius 2 is 2.21 bits per heavy atom. The summed E-state index contributed by atoms with van der Waals surface area (Å²) >= 11 is 0. The first-order valence-electron chi connectivity index (χ1n) is 7.59. The lowest BCUT2D eigenvalue weighted by atomic mass is 9.97. The van der Waals surface area contributed by atoms with Crippen molar-refractivity contribution < 1.29 is 0 Å². The van der Waals surface area contributed by atoms with Gasteiger partial charge in [0.1, 0.15) is 0 Å². The van der Waals surface area contributed by atoms with Gasteiger partial charge in [0.2, 0.25) is 0 Å². The second kappa shape index (κ2) is 5.25. The SMILES string of the molecule is CC(C)C1CNC(C2CC2)CN1Cc1ccn(C)n1. The minimum absolute atomic E-state index is 0.636. The van der Waals surface area contributed by atoms with Gasteiger partial charge in [-0.25, -0.2) is 0 Å². The summed E-state index contributed by atoms with van der Waals surface area (Å²) in [5.41, 5.74) is 1.20. The molecule has 1 saturated heterocycles. The van der Waals surface area contributed by atoms with Crippen LogP contribution < -0.4 is 5.32 Å². The lowest BCUT2D eigenvalue weighted by Gasteiger charge is -2.42. The molecule has 1 aliphatic carbocycles. The predicted molar refractivity (Wildman–Crippen MR) is 76.8 cm³/mol. The van der Waals surface area contributed by atoms with Gasteiger partial charge in [-0.15, -0.1) is 0 Å². The first-order chi connectivity index (χ1) is 9.13. The van der Waals surface area contributed by atoms with E-state index in [2.05, 4.69) is 35.2 Å². The molecule has 19 heavy (non-hydrogen) atoms. The number of rotatable bonds is 4. The predicted octanol–water partition coefficient (Wildman–Crippen LogP) is 1.63. The third-order valence-corrected chi connectivity index (χ3v) is 4.58. The van der Waals surface area contributed by atoms with Gasteiger partial charge in [-0.05, 0) is 30.7 Å². The molecule has 2 heterocycles. The van der Waals surface area contributed by atoms with Crippen molar-refractivity contribution in [3.63, 3.8) is 0 Å². The zero-order valence-electron chi connectivity index (χ0n) is 12.3. The number of hydrogen-bond donors (Lipinski definition) is 1. The molecular weight excluding hydrogens is 236 g/mol. The van der Waals surface area contributed by atoms with Crippen LogP contribution in [0.4, 0.5) is 0 Å². The molecule has 1 N–H and O–H groups in total. The van der Waals surface area contributed by atoms with Crippen LogP contribution in [0.5, 0.6) is 0 Å². The van der Waals surface area contributed by atoms with Gasteiger partial charge in [0.15, 0.2) is 0 Å². The summed E-state index contributed by atoms with van der Waals surface area (Å²) in [7, 11) is 1.99. The fourth-order valence-corrected chi connectivity index (χ4v) is 3.26. The van der Waals surface area contributed by atoms with Crippen molar-refractivity contribution in [2.24, 2.45) is 18.9 Å². The van der Waals surface area contributed by atoms with E-state index in [-0.39, 0.29) is 0 Å². The average molecular weight is 262 g/mol. The van der Waals surface area contributed by atoms with Crippen molar-refractivity contribution in [3.8, 4) is 0 Å². The number of hydrogen-bond acceptors (Lipinski definition) is 3. The molecule has 1 aromatic rings. The molecule has 106 valence electrons. The Morgan fingerprint density at radius 3 is 2.79 bits per heavy atom. The lowest BCUT2D eigenvalue weighted by Crippen LogP contribution is -2.58. The zero-order chi connectivity index (χ0) is 13.4. The molecule has 0 aromatic carbocycles. The van der Waals surface area contributed by atoms with Crippen LogP contribution in [0.3, 0.4) is 0 Å². The van der Waals surface area contributed by atoms with Gasteiger partial charge in [-0.1, -0.05) is 13.8 Å². The largest absolute Gasteiger partial charge is 0.311 e. The quantitative estimate of drug-likeness (QED) is 0.895. The molecule has 0 radical (unpaired) electrons. The van der Waals surface area contributed by atoms with Gasteiger partial charge in [0.05, 0.1) is 5.69 Å². The molecule has 3 rings (SSSR count). The Kier molecular flexibility index (Phi) is 3.63. The highest BCUT2D eigenvalue weighted by molar-refractivity contribution is 5.02. The summed E-state index contributed by atoms with van der Waals surface area (Å²) in [6.07, 6.45) is 4.88. The van der Waals surface area contributed by atoms with E-state index in [9.17, 15) is 0 Å². The highest BCUT2D eigenvalue weighted by atomic mass is 15.3. The number of nitrogens with zero attached hydrogens (tertiary/aromatic N) is 3. The maximum absolute atomic E-state index is 4.54. The van der Waals surface area contributed by atoms with E-state index in [0.29, 0.717) is 18.0 Å². The van der Waals surface area contributed by atoms with Crippen LogP contribution in [0.1, 0.15) is 32.4 Å². The van der Waals surface area contributed by atoms with Crippen molar-refractivity contribution in [1.29, 1.82) is 0 Å². The van der Waals surface area contributed by atoms with Crippen molar-refractivity contribution in [2.75, 3.05) is 13.1 Å². The topological polar surface area (TPSA) is 33.1 Å². The molecule has 0 bridgehead atoms. The molecule has 4 heteroatoms. The Labute approximate surface area is 116 Å². The fraction of sp³-hybridized carbons (Fsp3) is 0.800. The molecule has 0 amide bonds. The smallest absolute Gasteiger partial charge is 0.0764 e. The number of nitrogens with one attached hydrogen (secondary N) is 1. The summed E-state index contributed by atoms with van der Waals surface area (Å²) in [5.74, 6) is 1.62. The van der Waals surface area contributed by atoms with E-state index in [4.69, 9.17) is 0 Å². The Balaban J connectivity index is 1.69. The van der Waals surface area contributed by atoms with Crippen LogP contribution in [0.25, 0.3) is 0 Å². The normalized spacial score (nSPS) is 29.1. The van der Waals surface area contributed by atoms with E-state index in [1.54, 1.807) is 0 Å². The number of piperazine rings is 1. The second-order valence-corrected chi connectivity index (χ2v) is 6.57. The molecule has 1 aliphatic heterocycles. The number of aromatic nitrogens is 2. The van der Waals surface area contributed by atoms with E-state index >= 15 is 0 Å². The zero-order valence-corrected chi connectivity index (χ0v) is 12.3. The minimum atomic E-state index is 0.636. The first kappa shape index (κ1) is 13.1. The highest BCUT2D eigenvalue weighted by Gasteiger charge is 2.37. The number of aryl methyl sites for hydroxylation is 1. The summed E-state index contributed by atoms with van der Waals surface area (Å²) in [5, 5.41) is 8.30. The third-order valence-electron chi connectivity index (χ3n) is 4.58. The van der Waals surface area contributed by atoms with E-state index < -0.39 is 0 Å². The van der Waals surface area contributed by atoms with Crippen molar-refractivity contribution in [1.82, 2.24) is 20.0 Å². The average Bonchev–Trinajstić information content (AvgIpc) is 3.14. The van der Waals surface area contributed by atoms with Gasteiger partial charge in [-0.2, -0.15) is 5.10 Å². The van der Waals surface area contributed by atoms with Crippen LogP contribution in [-0.4, -0.2) is 39.9 Å². The molecule has 0 spiro atoms. The van der Waals surface area contributed by atoms with Gasteiger partial charge in [0, 0.05) is 45.0 Å². The maximum Gasteiger partial charge on any atom is 0.0764 e. The standard InChI is InChI=1S/C15H26N4/c1-11(2)15-8-16-14(12-4-5-12)10-19(15)9-13-6-7-18(3)17-13/h6-7,11-12,14-16H,4-5,8-10H2,1-3H3. The molecule has 2 aliphatic rings. The molecule has 4 nitrogen and oxygen atoms in total. The Bertz CT molecular complexity index is 422. The van der Waals surface area contributed by atoms with Crippen LogP contribution in [-0.2, 0) is 13.6 Å². The van der Waals surface area contributed by atoms with Crippen molar-refractivity contribution >= 4 is 0 Å². The van der Waals surface area contributed by atoms with Gasteiger partial charge < -0.3 is 5.32 Å². The lowest BCUT2D eigenvalue weighted by molar-refractivity contribution is 0.0838. The van der Waals surface area contributed by atoms with E-state index in [0.717, 1.165) is 19.0 Å². The Hall–Kier alpha value is -0.870. The first-order valence-corrected chi connectivity index (χ1v) is 7.59. The maximum atomic E-state index is 4.54. The van der Waals surface area contributed by atoms with Crippen LogP contribution in [0.2, 0.25) is 0 Å². The highest BCUT2D eigenvalue weighted by Crippen LogP contribution is 2.35. The molecule has 2 fully saturated rings. The summed E-state index contributed by atoms with van der Waals surface area (Å²) in [6, 6.07) is 3.49. The molecular formula is C15H26N4. The molecule has 2 atom stereocenters. The summed E-state index contributed by atoms with van der Waals surface area (Å²) < 4.78 is 1.90. The second-order valence-electron chi connectivity index (χ2n) is 6.57. The van der Waals surface area contributed by atoms with Crippen LogP contribution in [0, 0.1) is 11.8 Å². The summed E-state index contributed by atoms with van der Waals surface area (Å²) in [4.78, 5) is 2.65. The molecule has 1 aromatic heterocycles. The van der Waals surface area contributed by atoms with Gasteiger partial charge >= 0.3 is 0 Å². The van der Waals surface area contributed by atoms with Crippen LogP contribution >= 0.6 is 0 Å².